The molecule has 1 N–H and O–H groups in total. The van der Waals surface area contributed by atoms with Crippen LogP contribution in [0.2, 0.25) is 0 Å². The number of Topliss-reactive ketones (excluding diaryl/α,β-unsaturated/α-hetero) is 1. The zero-order chi connectivity index (χ0) is 12.1. The van der Waals surface area contributed by atoms with Crippen molar-refractivity contribution in [2.75, 3.05) is 20.1 Å². The highest BCUT2D eigenvalue weighted by Crippen LogP contribution is 2.17. The number of amides is 1. The lowest BCUT2D eigenvalue weighted by atomic mass is 9.99. The molecule has 1 saturated heterocycles. The summed E-state index contributed by atoms with van der Waals surface area (Å²) in [6.07, 6.45) is 3.02. The van der Waals surface area contributed by atoms with E-state index >= 15 is 0 Å². The maximum absolute atomic E-state index is 11.7. The fourth-order valence-electron chi connectivity index (χ4n) is 2.03. The van der Waals surface area contributed by atoms with E-state index < -0.39 is 0 Å². The number of carbonyl (C=O) groups is 2. The van der Waals surface area contributed by atoms with Crippen molar-refractivity contribution in [1.82, 2.24) is 10.2 Å². The van der Waals surface area contributed by atoms with Crippen LogP contribution in [0.4, 0.5) is 0 Å². The van der Waals surface area contributed by atoms with Crippen LogP contribution in [0.1, 0.15) is 33.1 Å². The number of likely N-dealkylation sites (tertiary alicyclic amines) is 1. The molecule has 0 saturated carbocycles. The fraction of sp³-hybridized carbons (Fsp3) is 0.833. The van der Waals surface area contributed by atoms with Crippen LogP contribution in [0.25, 0.3) is 0 Å². The Morgan fingerprint density at radius 1 is 1.38 bits per heavy atom. The summed E-state index contributed by atoms with van der Waals surface area (Å²) in [7, 11) is 1.65. The summed E-state index contributed by atoms with van der Waals surface area (Å²) >= 11 is 0. The van der Waals surface area contributed by atoms with E-state index in [1.165, 1.54) is 0 Å². The molecule has 0 radical (unpaired) electrons. The topological polar surface area (TPSA) is 49.4 Å². The van der Waals surface area contributed by atoms with Gasteiger partial charge in [-0.2, -0.15) is 0 Å². The first-order valence-electron chi connectivity index (χ1n) is 6.04. The average molecular weight is 226 g/mol. The van der Waals surface area contributed by atoms with Gasteiger partial charge in [0.25, 0.3) is 0 Å². The van der Waals surface area contributed by atoms with Gasteiger partial charge in [-0.05, 0) is 19.4 Å². The molecule has 0 spiro atoms. The molecule has 1 rings (SSSR count). The number of piperidine rings is 1. The molecule has 0 aliphatic carbocycles. The minimum absolute atomic E-state index is 0.0382. The molecular formula is C12H22N2O2. The maximum Gasteiger partial charge on any atom is 0.237 e. The second-order valence-corrected chi connectivity index (χ2v) is 4.72. The quantitative estimate of drug-likeness (QED) is 0.772. The van der Waals surface area contributed by atoms with Gasteiger partial charge in [-0.3, -0.25) is 14.5 Å². The van der Waals surface area contributed by atoms with Gasteiger partial charge in [0, 0.05) is 13.0 Å². The maximum atomic E-state index is 11.7. The molecule has 0 aromatic rings. The van der Waals surface area contributed by atoms with Crippen molar-refractivity contribution >= 4 is 11.7 Å². The lowest BCUT2D eigenvalue weighted by Gasteiger charge is -2.34. The molecule has 92 valence electrons. The minimum Gasteiger partial charge on any atom is -0.358 e. The second-order valence-electron chi connectivity index (χ2n) is 4.72. The van der Waals surface area contributed by atoms with Gasteiger partial charge < -0.3 is 5.32 Å². The molecule has 4 heteroatoms. The fourth-order valence-corrected chi connectivity index (χ4v) is 2.03. The van der Waals surface area contributed by atoms with E-state index in [1.54, 1.807) is 7.05 Å². The monoisotopic (exact) mass is 226 g/mol. The van der Waals surface area contributed by atoms with E-state index in [2.05, 4.69) is 5.32 Å². The molecule has 1 atom stereocenters. The molecule has 1 fully saturated rings. The van der Waals surface area contributed by atoms with Crippen molar-refractivity contribution in [3.05, 3.63) is 0 Å². The molecule has 1 amide bonds. The van der Waals surface area contributed by atoms with Gasteiger partial charge in [-0.1, -0.05) is 20.3 Å². The van der Waals surface area contributed by atoms with Crippen LogP contribution in [0.5, 0.6) is 0 Å². The Morgan fingerprint density at radius 3 is 2.62 bits per heavy atom. The van der Waals surface area contributed by atoms with Crippen LogP contribution in [0.3, 0.4) is 0 Å². The Kier molecular flexibility index (Phi) is 4.93. The Balaban J connectivity index is 2.60. The van der Waals surface area contributed by atoms with Gasteiger partial charge in [-0.25, -0.2) is 0 Å². The van der Waals surface area contributed by atoms with E-state index in [0.29, 0.717) is 6.54 Å². The summed E-state index contributed by atoms with van der Waals surface area (Å²) in [5.74, 6) is 0.305. The largest absolute Gasteiger partial charge is 0.358 e. The van der Waals surface area contributed by atoms with Crippen molar-refractivity contribution in [2.45, 2.75) is 39.2 Å². The highest BCUT2D eigenvalue weighted by Gasteiger charge is 2.29. The Morgan fingerprint density at radius 2 is 2.06 bits per heavy atom. The van der Waals surface area contributed by atoms with E-state index in [1.807, 2.05) is 18.7 Å². The predicted molar refractivity (Wildman–Crippen MR) is 63.1 cm³/mol. The first kappa shape index (κ1) is 13.2. The number of nitrogens with zero attached hydrogens (tertiary/aromatic N) is 1. The van der Waals surface area contributed by atoms with E-state index in [0.717, 1.165) is 25.8 Å². The minimum atomic E-state index is -0.110. The van der Waals surface area contributed by atoms with Crippen LogP contribution in [0.15, 0.2) is 0 Å². The number of rotatable bonds is 4. The summed E-state index contributed by atoms with van der Waals surface area (Å²) in [5, 5.41) is 2.68. The number of nitrogens with one attached hydrogen (secondary N) is 1. The Bertz CT molecular complexity index is 264. The molecule has 1 heterocycles. The third kappa shape index (κ3) is 3.30. The van der Waals surface area contributed by atoms with Crippen LogP contribution in [-0.4, -0.2) is 42.8 Å². The molecule has 16 heavy (non-hydrogen) atoms. The Hall–Kier alpha value is -0.900. The highest BCUT2D eigenvalue weighted by atomic mass is 16.2. The van der Waals surface area contributed by atoms with Crippen molar-refractivity contribution in [3.63, 3.8) is 0 Å². The standard InChI is InChI=1S/C12H22N2O2/c1-9(2)11(15)8-14-7-5-4-6-10(14)12(16)13-3/h9-10H,4-8H2,1-3H3,(H,13,16). The summed E-state index contributed by atoms with van der Waals surface area (Å²) in [6, 6.07) is -0.110. The summed E-state index contributed by atoms with van der Waals surface area (Å²) < 4.78 is 0. The molecular weight excluding hydrogens is 204 g/mol. The summed E-state index contributed by atoms with van der Waals surface area (Å²) in [5.41, 5.74) is 0. The second kappa shape index (κ2) is 5.99. The summed E-state index contributed by atoms with van der Waals surface area (Å²) in [6.45, 7) is 5.08. The van der Waals surface area contributed by atoms with Crippen LogP contribution in [0, 0.1) is 5.92 Å². The zero-order valence-electron chi connectivity index (χ0n) is 10.5. The van der Waals surface area contributed by atoms with Crippen molar-refractivity contribution in [3.8, 4) is 0 Å². The van der Waals surface area contributed by atoms with E-state index in [9.17, 15) is 9.59 Å². The SMILES string of the molecule is CNC(=O)C1CCCCN1CC(=O)C(C)C. The van der Waals surface area contributed by atoms with Gasteiger partial charge in [0.05, 0.1) is 12.6 Å². The van der Waals surface area contributed by atoms with Gasteiger partial charge >= 0.3 is 0 Å². The lowest BCUT2D eigenvalue weighted by molar-refractivity contribution is -0.130. The first-order chi connectivity index (χ1) is 7.56. The van der Waals surface area contributed by atoms with Crippen molar-refractivity contribution in [2.24, 2.45) is 5.92 Å². The molecule has 4 nitrogen and oxygen atoms in total. The van der Waals surface area contributed by atoms with Crippen LogP contribution < -0.4 is 5.32 Å². The van der Waals surface area contributed by atoms with Gasteiger partial charge in [0.2, 0.25) is 5.91 Å². The molecule has 0 aromatic carbocycles. The van der Waals surface area contributed by atoms with Gasteiger partial charge in [-0.15, -0.1) is 0 Å². The molecule has 1 unspecified atom stereocenters. The zero-order valence-corrected chi connectivity index (χ0v) is 10.5. The average Bonchev–Trinajstić information content (AvgIpc) is 2.28. The third-order valence-corrected chi connectivity index (χ3v) is 3.17. The van der Waals surface area contributed by atoms with Gasteiger partial charge in [0.15, 0.2) is 0 Å². The Labute approximate surface area is 97.4 Å². The van der Waals surface area contributed by atoms with Crippen molar-refractivity contribution < 1.29 is 9.59 Å². The first-order valence-corrected chi connectivity index (χ1v) is 6.04. The smallest absolute Gasteiger partial charge is 0.237 e. The lowest BCUT2D eigenvalue weighted by Crippen LogP contribution is -2.50. The van der Waals surface area contributed by atoms with E-state index in [4.69, 9.17) is 0 Å². The number of likely N-dealkylation sites (N-methyl/N-ethyl adjacent to an activating group) is 1. The van der Waals surface area contributed by atoms with E-state index in [-0.39, 0.29) is 23.7 Å². The number of ketones is 1. The van der Waals surface area contributed by atoms with Crippen LogP contribution >= 0.6 is 0 Å². The molecule has 0 bridgehead atoms. The number of carbonyl (C=O) groups excluding carboxylic acids is 2. The van der Waals surface area contributed by atoms with Crippen molar-refractivity contribution in [1.29, 1.82) is 0 Å². The van der Waals surface area contributed by atoms with Crippen LogP contribution in [-0.2, 0) is 9.59 Å². The molecule has 1 aliphatic heterocycles. The normalized spacial score (nSPS) is 22.1. The summed E-state index contributed by atoms with van der Waals surface area (Å²) in [4.78, 5) is 25.4. The third-order valence-electron chi connectivity index (χ3n) is 3.17. The molecule has 0 aromatic heterocycles. The molecule has 1 aliphatic rings. The number of hydrogen-bond donors (Lipinski definition) is 1. The predicted octanol–water partition coefficient (Wildman–Crippen LogP) is 0.812. The van der Waals surface area contributed by atoms with Gasteiger partial charge in [0.1, 0.15) is 5.78 Å². The number of hydrogen-bond acceptors (Lipinski definition) is 3. The highest BCUT2D eigenvalue weighted by molar-refractivity contribution is 5.85.